The summed E-state index contributed by atoms with van der Waals surface area (Å²) in [5.74, 6) is -1.90. The van der Waals surface area contributed by atoms with Gasteiger partial charge in [0.15, 0.2) is 0 Å². The predicted octanol–water partition coefficient (Wildman–Crippen LogP) is 5.75. The Bertz CT molecular complexity index is 1690. The molecule has 0 saturated heterocycles. The van der Waals surface area contributed by atoms with Crippen LogP contribution in [-0.2, 0) is 20.6 Å². The number of halogens is 3. The van der Waals surface area contributed by atoms with Gasteiger partial charge in [0.05, 0.1) is 16.8 Å². The smallest absolute Gasteiger partial charge is 0.308 e. The molecule has 0 spiro atoms. The van der Waals surface area contributed by atoms with E-state index in [1.165, 1.54) is 40.4 Å². The maximum Gasteiger partial charge on any atom is 0.416 e. The molecule has 0 atom stereocenters. The summed E-state index contributed by atoms with van der Waals surface area (Å²) in [6.45, 7) is 2.96. The number of hydrogen-bond acceptors (Lipinski definition) is 4. The summed E-state index contributed by atoms with van der Waals surface area (Å²) in [5.41, 5.74) is 0.776. The molecule has 0 bridgehead atoms. The molecule has 42 heavy (non-hydrogen) atoms. The molecule has 0 unspecified atom stereocenters. The van der Waals surface area contributed by atoms with Gasteiger partial charge in [-0.1, -0.05) is 36.4 Å². The maximum absolute atomic E-state index is 13.8. The minimum atomic E-state index is -4.52. The number of alkyl halides is 3. The third-order valence-electron chi connectivity index (χ3n) is 6.71. The van der Waals surface area contributed by atoms with E-state index < -0.39 is 42.0 Å². The van der Waals surface area contributed by atoms with Crippen molar-refractivity contribution in [3.05, 3.63) is 108 Å². The number of carbonyl (C=O) groups is 3. The fraction of sp³-hybridized carbons (Fsp3) is 0.161. The molecule has 3 aromatic carbocycles. The number of nitrogens with zero attached hydrogens (tertiary/aromatic N) is 4. The van der Waals surface area contributed by atoms with Gasteiger partial charge in [-0.2, -0.15) is 18.3 Å². The minimum absolute atomic E-state index is 0.223. The van der Waals surface area contributed by atoms with Gasteiger partial charge in [0.1, 0.15) is 12.1 Å². The van der Waals surface area contributed by atoms with Crippen LogP contribution >= 0.6 is 0 Å². The fourth-order valence-electron chi connectivity index (χ4n) is 4.69. The molecule has 1 aromatic heterocycles. The van der Waals surface area contributed by atoms with E-state index in [1.807, 2.05) is 12.1 Å². The lowest BCUT2D eigenvalue weighted by atomic mass is 10.1. The normalized spacial score (nSPS) is 15.1. The average molecular weight is 574 g/mol. The van der Waals surface area contributed by atoms with Crippen molar-refractivity contribution >= 4 is 46.1 Å². The highest BCUT2D eigenvalue weighted by Gasteiger charge is 2.34. The van der Waals surface area contributed by atoms with Crippen molar-refractivity contribution in [1.82, 2.24) is 15.1 Å². The van der Waals surface area contributed by atoms with Crippen LogP contribution in [0.3, 0.4) is 0 Å². The Morgan fingerprint density at radius 2 is 1.60 bits per heavy atom. The van der Waals surface area contributed by atoms with Crippen molar-refractivity contribution in [3.63, 3.8) is 0 Å². The molecule has 0 saturated carbocycles. The minimum Gasteiger partial charge on any atom is -0.308 e. The van der Waals surface area contributed by atoms with E-state index in [0.717, 1.165) is 17.0 Å². The van der Waals surface area contributed by atoms with Gasteiger partial charge in [-0.15, -0.1) is 0 Å². The zero-order valence-electron chi connectivity index (χ0n) is 22.7. The third kappa shape index (κ3) is 5.67. The number of benzene rings is 3. The van der Waals surface area contributed by atoms with Crippen LogP contribution in [0.1, 0.15) is 25.1 Å². The number of aromatic nitrogens is 2. The molecule has 5 rings (SSSR count). The standard InChI is InChI=1S/C31H26F3N5O3/c1-20(2)39(23-14-12-21(13-15-23)31(32,33)34)28(40)19-37-16-17-38(22-8-4-3-5-9-22)30(42)25(29(37)41)18-27-24-10-6-7-11-26(24)35-36-27/h3-18,20H,19H2,1-2H3,(H,35,36)/b25-18+. The van der Waals surface area contributed by atoms with Gasteiger partial charge in [-0.25, -0.2) is 0 Å². The Balaban J connectivity index is 1.51. The van der Waals surface area contributed by atoms with Crippen LogP contribution in [0, 0.1) is 0 Å². The summed E-state index contributed by atoms with van der Waals surface area (Å²) in [7, 11) is 0. The quantitative estimate of drug-likeness (QED) is 0.235. The van der Waals surface area contributed by atoms with Crippen LogP contribution in [0.2, 0.25) is 0 Å². The summed E-state index contributed by atoms with van der Waals surface area (Å²) in [6.07, 6.45) is -0.377. The van der Waals surface area contributed by atoms with Gasteiger partial charge in [0.2, 0.25) is 5.91 Å². The molecule has 0 radical (unpaired) electrons. The third-order valence-corrected chi connectivity index (χ3v) is 6.71. The maximum atomic E-state index is 13.8. The first-order valence-corrected chi connectivity index (χ1v) is 13.1. The summed E-state index contributed by atoms with van der Waals surface area (Å²) in [6, 6.07) is 19.8. The van der Waals surface area contributed by atoms with Gasteiger partial charge in [-0.3, -0.25) is 24.4 Å². The second-order valence-corrected chi connectivity index (χ2v) is 9.86. The number of fused-ring (bicyclic) bond motifs is 1. The second-order valence-electron chi connectivity index (χ2n) is 9.86. The Morgan fingerprint density at radius 3 is 2.26 bits per heavy atom. The number of carbonyl (C=O) groups excluding carboxylic acids is 3. The Hall–Kier alpha value is -5.19. The average Bonchev–Trinajstić information content (AvgIpc) is 3.33. The molecule has 3 amide bonds. The summed E-state index contributed by atoms with van der Waals surface area (Å²) in [4.78, 5) is 44.9. The Morgan fingerprint density at radius 1 is 0.929 bits per heavy atom. The van der Waals surface area contributed by atoms with Crippen LogP contribution in [0.4, 0.5) is 24.5 Å². The van der Waals surface area contributed by atoms with Crippen molar-refractivity contribution in [2.75, 3.05) is 16.3 Å². The predicted molar refractivity (Wildman–Crippen MR) is 153 cm³/mol. The summed E-state index contributed by atoms with van der Waals surface area (Å²) < 4.78 is 39.3. The van der Waals surface area contributed by atoms with Gasteiger partial charge in [0.25, 0.3) is 11.8 Å². The highest BCUT2D eigenvalue weighted by atomic mass is 19.4. The Labute approximate surface area is 239 Å². The fourth-order valence-corrected chi connectivity index (χ4v) is 4.69. The highest BCUT2D eigenvalue weighted by Crippen LogP contribution is 2.31. The monoisotopic (exact) mass is 573 g/mol. The van der Waals surface area contributed by atoms with E-state index in [9.17, 15) is 27.6 Å². The number of H-pyrrole nitrogens is 1. The van der Waals surface area contributed by atoms with E-state index in [1.54, 1.807) is 56.3 Å². The van der Waals surface area contributed by atoms with E-state index in [-0.39, 0.29) is 11.3 Å². The lowest BCUT2D eigenvalue weighted by Gasteiger charge is -2.29. The van der Waals surface area contributed by atoms with Gasteiger partial charge in [-0.05, 0) is 62.4 Å². The first-order chi connectivity index (χ1) is 20.0. The van der Waals surface area contributed by atoms with E-state index in [2.05, 4.69) is 10.2 Å². The lowest BCUT2D eigenvalue weighted by Crippen LogP contribution is -2.44. The Kier molecular flexibility index (Phi) is 7.66. The van der Waals surface area contributed by atoms with E-state index in [4.69, 9.17) is 0 Å². The number of hydrogen-bond donors (Lipinski definition) is 1. The molecule has 1 N–H and O–H groups in total. The van der Waals surface area contributed by atoms with Crippen LogP contribution in [0.15, 0.2) is 96.8 Å². The van der Waals surface area contributed by atoms with Gasteiger partial charge < -0.3 is 9.80 Å². The van der Waals surface area contributed by atoms with Crippen LogP contribution in [0.5, 0.6) is 0 Å². The molecule has 8 nitrogen and oxygen atoms in total. The number of nitrogens with one attached hydrogen (secondary N) is 1. The van der Waals surface area contributed by atoms with Crippen LogP contribution in [0.25, 0.3) is 17.0 Å². The zero-order chi connectivity index (χ0) is 30.0. The molecular formula is C31H26F3N5O3. The van der Waals surface area contributed by atoms with Gasteiger partial charge >= 0.3 is 6.18 Å². The van der Waals surface area contributed by atoms with Crippen molar-refractivity contribution < 1.29 is 27.6 Å². The number of rotatable bonds is 6. The number of para-hydroxylation sites is 2. The molecule has 0 fully saturated rings. The molecule has 2 heterocycles. The highest BCUT2D eigenvalue weighted by molar-refractivity contribution is 6.28. The van der Waals surface area contributed by atoms with Crippen molar-refractivity contribution in [2.45, 2.75) is 26.1 Å². The molecule has 0 aliphatic carbocycles. The topological polar surface area (TPSA) is 89.6 Å². The summed E-state index contributed by atoms with van der Waals surface area (Å²) >= 11 is 0. The van der Waals surface area contributed by atoms with Crippen molar-refractivity contribution in [3.8, 4) is 0 Å². The van der Waals surface area contributed by atoms with Crippen molar-refractivity contribution in [1.29, 1.82) is 0 Å². The van der Waals surface area contributed by atoms with E-state index in [0.29, 0.717) is 22.3 Å². The zero-order valence-corrected chi connectivity index (χ0v) is 22.7. The molecular weight excluding hydrogens is 547 g/mol. The SMILES string of the molecule is CC(C)N(C(=O)CN1C=CN(c2ccccc2)C(=O)/C(=C/c2n[nH]c3ccccc23)C1=O)c1ccc(C(F)(F)F)cc1. The van der Waals surface area contributed by atoms with Gasteiger partial charge in [0, 0.05) is 35.2 Å². The molecule has 11 heteroatoms. The first-order valence-electron chi connectivity index (χ1n) is 13.1. The molecule has 214 valence electrons. The number of aromatic amines is 1. The molecule has 4 aromatic rings. The lowest BCUT2D eigenvalue weighted by molar-refractivity contribution is -0.137. The molecule has 1 aliphatic rings. The van der Waals surface area contributed by atoms with Crippen LogP contribution in [-0.4, -0.2) is 45.4 Å². The van der Waals surface area contributed by atoms with Crippen LogP contribution < -0.4 is 9.80 Å². The largest absolute Gasteiger partial charge is 0.416 e. The number of amides is 3. The summed E-state index contributed by atoms with van der Waals surface area (Å²) in [5, 5.41) is 7.85. The number of anilines is 2. The molecule has 1 aliphatic heterocycles. The van der Waals surface area contributed by atoms with Crippen molar-refractivity contribution in [2.24, 2.45) is 0 Å². The first kappa shape index (κ1) is 28.3. The second kappa shape index (κ2) is 11.4. The van der Waals surface area contributed by atoms with E-state index >= 15 is 0 Å².